The van der Waals surface area contributed by atoms with E-state index in [0.29, 0.717) is 30.3 Å². The van der Waals surface area contributed by atoms with Crippen LogP contribution in [-0.2, 0) is 4.79 Å². The summed E-state index contributed by atoms with van der Waals surface area (Å²) in [4.78, 5) is 11.2. The minimum atomic E-state index is -0.0630. The molecule has 0 aromatic heterocycles. The SMILES string of the molecule is C=CCNC(=O)CCOc1ccccc1Cl. The van der Waals surface area contributed by atoms with Gasteiger partial charge in [0.15, 0.2) is 0 Å². The van der Waals surface area contributed by atoms with Gasteiger partial charge in [-0.2, -0.15) is 0 Å². The molecular formula is C12H14ClNO2. The fourth-order valence-electron chi connectivity index (χ4n) is 1.09. The Hall–Kier alpha value is -1.48. The maximum absolute atomic E-state index is 11.2. The zero-order chi connectivity index (χ0) is 11.8. The van der Waals surface area contributed by atoms with Gasteiger partial charge >= 0.3 is 0 Å². The molecule has 0 fully saturated rings. The molecule has 4 heteroatoms. The number of carbonyl (C=O) groups is 1. The Kier molecular flexibility index (Phi) is 5.43. The van der Waals surface area contributed by atoms with Gasteiger partial charge in [-0.05, 0) is 12.1 Å². The highest BCUT2D eigenvalue weighted by molar-refractivity contribution is 6.32. The molecule has 0 atom stereocenters. The van der Waals surface area contributed by atoms with Crippen LogP contribution >= 0.6 is 11.6 Å². The molecule has 0 radical (unpaired) electrons. The van der Waals surface area contributed by atoms with Crippen molar-refractivity contribution in [3.8, 4) is 5.75 Å². The van der Waals surface area contributed by atoms with Crippen LogP contribution in [-0.4, -0.2) is 19.1 Å². The lowest BCUT2D eigenvalue weighted by Crippen LogP contribution is -2.24. The molecule has 1 aromatic carbocycles. The van der Waals surface area contributed by atoms with E-state index in [1.165, 1.54) is 0 Å². The van der Waals surface area contributed by atoms with Gasteiger partial charge in [0.25, 0.3) is 0 Å². The molecule has 3 nitrogen and oxygen atoms in total. The van der Waals surface area contributed by atoms with Crippen molar-refractivity contribution >= 4 is 17.5 Å². The van der Waals surface area contributed by atoms with Gasteiger partial charge in [0.1, 0.15) is 5.75 Å². The molecule has 1 amide bonds. The van der Waals surface area contributed by atoms with E-state index in [-0.39, 0.29) is 5.91 Å². The van der Waals surface area contributed by atoms with Gasteiger partial charge < -0.3 is 10.1 Å². The molecule has 16 heavy (non-hydrogen) atoms. The highest BCUT2D eigenvalue weighted by Crippen LogP contribution is 2.22. The van der Waals surface area contributed by atoms with Crippen LogP contribution < -0.4 is 10.1 Å². The fourth-order valence-corrected chi connectivity index (χ4v) is 1.28. The summed E-state index contributed by atoms with van der Waals surface area (Å²) in [6, 6.07) is 7.17. The maximum atomic E-state index is 11.2. The molecule has 86 valence electrons. The summed E-state index contributed by atoms with van der Waals surface area (Å²) >= 11 is 5.88. The Bertz CT molecular complexity index is 366. The number of hydrogen-bond acceptors (Lipinski definition) is 2. The van der Waals surface area contributed by atoms with Crippen LogP contribution in [0.25, 0.3) is 0 Å². The summed E-state index contributed by atoms with van der Waals surface area (Å²) in [5.74, 6) is 0.535. The molecule has 0 spiro atoms. The summed E-state index contributed by atoms with van der Waals surface area (Å²) < 4.78 is 5.37. The molecule has 1 rings (SSSR count). The van der Waals surface area contributed by atoms with Gasteiger partial charge in [-0.1, -0.05) is 29.8 Å². The molecule has 0 unspecified atom stereocenters. The minimum absolute atomic E-state index is 0.0630. The molecule has 0 heterocycles. The third-order valence-electron chi connectivity index (χ3n) is 1.87. The standard InChI is InChI=1S/C12H14ClNO2/c1-2-8-14-12(15)7-9-16-11-6-4-3-5-10(11)13/h2-6H,1,7-9H2,(H,14,15). The molecule has 0 saturated heterocycles. The Morgan fingerprint density at radius 1 is 1.50 bits per heavy atom. The molecule has 0 aliphatic rings. The second-order valence-electron chi connectivity index (χ2n) is 3.12. The van der Waals surface area contributed by atoms with Crippen LogP contribution in [0.15, 0.2) is 36.9 Å². The molecule has 0 aliphatic carbocycles. The second kappa shape index (κ2) is 6.90. The van der Waals surface area contributed by atoms with Crippen molar-refractivity contribution < 1.29 is 9.53 Å². The average molecular weight is 240 g/mol. The molecular weight excluding hydrogens is 226 g/mol. The van der Waals surface area contributed by atoms with Crippen molar-refractivity contribution in [2.45, 2.75) is 6.42 Å². The number of rotatable bonds is 6. The fraction of sp³-hybridized carbons (Fsp3) is 0.250. The second-order valence-corrected chi connectivity index (χ2v) is 3.53. The predicted molar refractivity (Wildman–Crippen MR) is 64.8 cm³/mol. The number of ether oxygens (including phenoxy) is 1. The molecule has 1 aromatic rings. The van der Waals surface area contributed by atoms with Crippen LogP contribution in [0.2, 0.25) is 5.02 Å². The van der Waals surface area contributed by atoms with Crippen molar-refractivity contribution in [1.82, 2.24) is 5.32 Å². The van der Waals surface area contributed by atoms with Crippen LogP contribution in [0.5, 0.6) is 5.75 Å². The van der Waals surface area contributed by atoms with E-state index in [0.717, 1.165) is 0 Å². The van der Waals surface area contributed by atoms with Crippen LogP contribution in [0.4, 0.5) is 0 Å². The summed E-state index contributed by atoms with van der Waals surface area (Å²) in [5, 5.41) is 3.21. The van der Waals surface area contributed by atoms with Crippen molar-refractivity contribution in [3.63, 3.8) is 0 Å². The third kappa shape index (κ3) is 4.36. The van der Waals surface area contributed by atoms with Crippen LogP contribution in [0.1, 0.15) is 6.42 Å². The van der Waals surface area contributed by atoms with Crippen molar-refractivity contribution in [2.75, 3.05) is 13.2 Å². The van der Waals surface area contributed by atoms with E-state index in [4.69, 9.17) is 16.3 Å². The topological polar surface area (TPSA) is 38.3 Å². The van der Waals surface area contributed by atoms with Crippen molar-refractivity contribution in [2.24, 2.45) is 0 Å². The van der Waals surface area contributed by atoms with Gasteiger partial charge in [0.05, 0.1) is 18.1 Å². The smallest absolute Gasteiger partial charge is 0.223 e. The number of carbonyl (C=O) groups excluding carboxylic acids is 1. The average Bonchev–Trinajstić information content (AvgIpc) is 2.29. The van der Waals surface area contributed by atoms with Gasteiger partial charge in [-0.25, -0.2) is 0 Å². The Balaban J connectivity index is 2.28. The normalized spacial score (nSPS) is 9.56. The predicted octanol–water partition coefficient (Wildman–Crippen LogP) is 2.41. The van der Waals surface area contributed by atoms with E-state index in [9.17, 15) is 4.79 Å². The first kappa shape index (κ1) is 12.6. The van der Waals surface area contributed by atoms with E-state index >= 15 is 0 Å². The summed E-state index contributed by atoms with van der Waals surface area (Å²) in [5.41, 5.74) is 0. The summed E-state index contributed by atoms with van der Waals surface area (Å²) in [6.45, 7) is 4.30. The Labute approximate surface area is 100 Å². The number of para-hydroxylation sites is 1. The number of nitrogens with one attached hydrogen (secondary N) is 1. The largest absolute Gasteiger partial charge is 0.491 e. The van der Waals surface area contributed by atoms with E-state index in [2.05, 4.69) is 11.9 Å². The zero-order valence-corrected chi connectivity index (χ0v) is 9.67. The molecule has 0 aliphatic heterocycles. The number of benzene rings is 1. The Morgan fingerprint density at radius 2 is 2.25 bits per heavy atom. The lowest BCUT2D eigenvalue weighted by atomic mass is 10.3. The number of hydrogen-bond donors (Lipinski definition) is 1. The van der Waals surface area contributed by atoms with Crippen molar-refractivity contribution in [3.05, 3.63) is 41.9 Å². The lowest BCUT2D eigenvalue weighted by Gasteiger charge is -2.07. The quantitative estimate of drug-likeness (QED) is 0.775. The first-order valence-corrected chi connectivity index (χ1v) is 5.36. The summed E-state index contributed by atoms with van der Waals surface area (Å²) in [7, 11) is 0. The van der Waals surface area contributed by atoms with Crippen molar-refractivity contribution in [1.29, 1.82) is 0 Å². The first-order chi connectivity index (χ1) is 7.74. The molecule has 0 saturated carbocycles. The Morgan fingerprint density at radius 3 is 2.94 bits per heavy atom. The lowest BCUT2D eigenvalue weighted by molar-refractivity contribution is -0.121. The van der Waals surface area contributed by atoms with E-state index in [1.54, 1.807) is 18.2 Å². The van der Waals surface area contributed by atoms with E-state index < -0.39 is 0 Å². The highest BCUT2D eigenvalue weighted by atomic mass is 35.5. The number of amides is 1. The van der Waals surface area contributed by atoms with Gasteiger partial charge in [0.2, 0.25) is 5.91 Å². The van der Waals surface area contributed by atoms with Gasteiger partial charge in [-0.3, -0.25) is 4.79 Å². The highest BCUT2D eigenvalue weighted by Gasteiger charge is 2.02. The molecule has 1 N–H and O–H groups in total. The van der Waals surface area contributed by atoms with E-state index in [1.807, 2.05) is 12.1 Å². The van der Waals surface area contributed by atoms with Gasteiger partial charge in [-0.15, -0.1) is 6.58 Å². The first-order valence-electron chi connectivity index (χ1n) is 4.99. The zero-order valence-electron chi connectivity index (χ0n) is 8.91. The molecule has 0 bridgehead atoms. The van der Waals surface area contributed by atoms with Gasteiger partial charge in [0, 0.05) is 6.54 Å². The minimum Gasteiger partial charge on any atom is -0.491 e. The number of halogens is 1. The monoisotopic (exact) mass is 239 g/mol. The van der Waals surface area contributed by atoms with Crippen LogP contribution in [0.3, 0.4) is 0 Å². The summed E-state index contributed by atoms with van der Waals surface area (Å²) in [6.07, 6.45) is 1.94. The third-order valence-corrected chi connectivity index (χ3v) is 2.18. The van der Waals surface area contributed by atoms with Crippen LogP contribution in [0, 0.1) is 0 Å². The maximum Gasteiger partial charge on any atom is 0.223 e.